The van der Waals surface area contributed by atoms with Crippen molar-refractivity contribution in [1.82, 2.24) is 0 Å². The maximum absolute atomic E-state index is 12.0. The summed E-state index contributed by atoms with van der Waals surface area (Å²) in [6, 6.07) is 14.3. The number of nitrogens with one attached hydrogen (secondary N) is 2. The summed E-state index contributed by atoms with van der Waals surface area (Å²) in [4.78, 5) is 12.0. The van der Waals surface area contributed by atoms with Crippen LogP contribution in [-0.2, 0) is 0 Å². The Balaban J connectivity index is 2.07. The lowest BCUT2D eigenvalue weighted by Crippen LogP contribution is -2.20. The Labute approximate surface area is 118 Å². The average Bonchev–Trinajstić information content (AvgIpc) is 2.44. The summed E-state index contributed by atoms with van der Waals surface area (Å²) in [7, 11) is 0. The number of carbonyl (C=O) groups is 1. The van der Waals surface area contributed by atoms with Gasteiger partial charge in [-0.1, -0.05) is 18.2 Å². The first-order chi connectivity index (χ1) is 9.60. The van der Waals surface area contributed by atoms with E-state index in [2.05, 4.69) is 10.6 Å². The third kappa shape index (κ3) is 3.15. The van der Waals surface area contributed by atoms with E-state index in [-0.39, 0.29) is 6.03 Å². The summed E-state index contributed by atoms with van der Waals surface area (Å²) in [6.45, 7) is 3.90. The number of para-hydroxylation sites is 1. The molecule has 2 N–H and O–H groups in total. The molecule has 0 aromatic heterocycles. The monoisotopic (exact) mass is 265 g/mol. The minimum atomic E-state index is -0.299. The van der Waals surface area contributed by atoms with Gasteiger partial charge in [0.2, 0.25) is 0 Å². The van der Waals surface area contributed by atoms with Gasteiger partial charge in [-0.25, -0.2) is 4.79 Å². The highest BCUT2D eigenvalue weighted by atomic mass is 16.2. The normalized spacial score (nSPS) is 9.65. The lowest BCUT2D eigenvalue weighted by Gasteiger charge is -2.12. The molecule has 4 nitrogen and oxygen atoms in total. The first-order valence-electron chi connectivity index (χ1n) is 6.24. The molecule has 0 spiro atoms. The van der Waals surface area contributed by atoms with Crippen molar-refractivity contribution in [3.63, 3.8) is 0 Å². The van der Waals surface area contributed by atoms with Crippen LogP contribution in [0.4, 0.5) is 16.2 Å². The number of nitrogens with zero attached hydrogens (tertiary/aromatic N) is 1. The van der Waals surface area contributed by atoms with Crippen molar-refractivity contribution >= 4 is 17.4 Å². The van der Waals surface area contributed by atoms with Crippen molar-refractivity contribution in [3.8, 4) is 6.07 Å². The van der Waals surface area contributed by atoms with Crippen LogP contribution in [0.15, 0.2) is 42.5 Å². The summed E-state index contributed by atoms with van der Waals surface area (Å²) in [5.41, 5.74) is 4.05. The van der Waals surface area contributed by atoms with Crippen molar-refractivity contribution < 1.29 is 4.79 Å². The topological polar surface area (TPSA) is 64.9 Å². The number of anilines is 2. The Bertz CT molecular complexity index is 649. The van der Waals surface area contributed by atoms with Gasteiger partial charge in [-0.15, -0.1) is 0 Å². The number of hydrogen-bond donors (Lipinski definition) is 2. The summed E-state index contributed by atoms with van der Waals surface area (Å²) in [5.74, 6) is 0. The first kappa shape index (κ1) is 13.6. The first-order valence-corrected chi connectivity index (χ1v) is 6.24. The van der Waals surface area contributed by atoms with Gasteiger partial charge in [0.25, 0.3) is 0 Å². The van der Waals surface area contributed by atoms with E-state index in [0.29, 0.717) is 11.3 Å². The Morgan fingerprint density at radius 3 is 2.15 bits per heavy atom. The molecule has 0 saturated heterocycles. The Morgan fingerprint density at radius 1 is 1.00 bits per heavy atom. The second-order valence-electron chi connectivity index (χ2n) is 4.54. The quantitative estimate of drug-likeness (QED) is 0.866. The van der Waals surface area contributed by atoms with Crippen molar-refractivity contribution in [1.29, 1.82) is 5.26 Å². The fraction of sp³-hybridized carbons (Fsp3) is 0.125. The molecular weight excluding hydrogens is 250 g/mol. The number of urea groups is 1. The summed E-state index contributed by atoms with van der Waals surface area (Å²) in [5, 5.41) is 14.3. The fourth-order valence-electron chi connectivity index (χ4n) is 1.92. The van der Waals surface area contributed by atoms with E-state index in [4.69, 9.17) is 5.26 Å². The molecule has 100 valence electrons. The predicted octanol–water partition coefficient (Wildman–Crippen LogP) is 3.82. The Kier molecular flexibility index (Phi) is 4.02. The van der Waals surface area contributed by atoms with Crippen LogP contribution in [0, 0.1) is 25.2 Å². The standard InChI is InChI=1S/C16H15N3O/c1-11-4-3-5-12(2)15(11)19-16(20)18-14-8-6-13(10-17)7-9-14/h3-9H,1-2H3,(H2,18,19,20). The second kappa shape index (κ2) is 5.89. The summed E-state index contributed by atoms with van der Waals surface area (Å²) < 4.78 is 0. The van der Waals surface area contributed by atoms with Crippen LogP contribution < -0.4 is 10.6 Å². The number of hydrogen-bond acceptors (Lipinski definition) is 2. The van der Waals surface area contributed by atoms with E-state index in [1.165, 1.54) is 0 Å². The highest BCUT2D eigenvalue weighted by molar-refractivity contribution is 6.00. The minimum Gasteiger partial charge on any atom is -0.308 e. The van der Waals surface area contributed by atoms with Gasteiger partial charge in [-0.3, -0.25) is 0 Å². The maximum atomic E-state index is 12.0. The van der Waals surface area contributed by atoms with E-state index in [9.17, 15) is 4.79 Å². The van der Waals surface area contributed by atoms with Crippen LogP contribution in [-0.4, -0.2) is 6.03 Å². The molecule has 0 aliphatic rings. The SMILES string of the molecule is Cc1cccc(C)c1NC(=O)Nc1ccc(C#N)cc1. The zero-order chi connectivity index (χ0) is 14.5. The molecular formula is C16H15N3O. The summed E-state index contributed by atoms with van der Waals surface area (Å²) in [6.07, 6.45) is 0. The van der Waals surface area contributed by atoms with Gasteiger partial charge >= 0.3 is 6.03 Å². The molecule has 2 amide bonds. The van der Waals surface area contributed by atoms with Crippen molar-refractivity contribution in [2.75, 3.05) is 10.6 Å². The molecule has 0 aliphatic carbocycles. The molecule has 0 unspecified atom stereocenters. The zero-order valence-electron chi connectivity index (χ0n) is 11.4. The molecule has 0 fully saturated rings. The number of aryl methyl sites for hydroxylation is 2. The highest BCUT2D eigenvalue weighted by Gasteiger charge is 2.07. The van der Waals surface area contributed by atoms with Crippen LogP contribution in [0.3, 0.4) is 0 Å². The third-order valence-electron chi connectivity index (χ3n) is 2.99. The van der Waals surface area contributed by atoms with Gasteiger partial charge in [0.05, 0.1) is 11.6 Å². The second-order valence-corrected chi connectivity index (χ2v) is 4.54. The molecule has 2 rings (SSSR count). The number of benzene rings is 2. The Hall–Kier alpha value is -2.80. The number of carbonyl (C=O) groups excluding carboxylic acids is 1. The van der Waals surface area contributed by atoms with Crippen LogP contribution in [0.2, 0.25) is 0 Å². The van der Waals surface area contributed by atoms with Crippen LogP contribution in [0.5, 0.6) is 0 Å². The lowest BCUT2D eigenvalue weighted by molar-refractivity contribution is 0.262. The van der Waals surface area contributed by atoms with E-state index >= 15 is 0 Å². The molecule has 0 bridgehead atoms. The molecule has 4 heteroatoms. The fourth-order valence-corrected chi connectivity index (χ4v) is 1.92. The van der Waals surface area contributed by atoms with E-state index in [0.717, 1.165) is 16.8 Å². The smallest absolute Gasteiger partial charge is 0.308 e. The molecule has 2 aromatic rings. The van der Waals surface area contributed by atoms with Gasteiger partial charge in [-0.2, -0.15) is 5.26 Å². The maximum Gasteiger partial charge on any atom is 0.323 e. The van der Waals surface area contributed by atoms with Crippen molar-refractivity contribution in [3.05, 3.63) is 59.2 Å². The van der Waals surface area contributed by atoms with Gasteiger partial charge in [0.15, 0.2) is 0 Å². The van der Waals surface area contributed by atoms with Gasteiger partial charge in [-0.05, 0) is 49.2 Å². The molecule has 20 heavy (non-hydrogen) atoms. The minimum absolute atomic E-state index is 0.299. The molecule has 0 aliphatic heterocycles. The molecule has 0 saturated carbocycles. The molecule has 0 radical (unpaired) electrons. The molecule has 0 heterocycles. The molecule has 0 atom stereocenters. The lowest BCUT2D eigenvalue weighted by atomic mass is 10.1. The van der Waals surface area contributed by atoms with Crippen LogP contribution in [0.25, 0.3) is 0 Å². The predicted molar refractivity (Wildman–Crippen MR) is 79.7 cm³/mol. The van der Waals surface area contributed by atoms with Crippen molar-refractivity contribution in [2.45, 2.75) is 13.8 Å². The largest absolute Gasteiger partial charge is 0.323 e. The van der Waals surface area contributed by atoms with Crippen LogP contribution >= 0.6 is 0 Å². The van der Waals surface area contributed by atoms with Gasteiger partial charge in [0.1, 0.15) is 0 Å². The zero-order valence-corrected chi connectivity index (χ0v) is 11.4. The van der Waals surface area contributed by atoms with E-state index in [1.54, 1.807) is 24.3 Å². The number of nitriles is 1. The van der Waals surface area contributed by atoms with Gasteiger partial charge in [0, 0.05) is 11.4 Å². The number of amides is 2. The third-order valence-corrected chi connectivity index (χ3v) is 2.99. The van der Waals surface area contributed by atoms with E-state index in [1.807, 2.05) is 38.1 Å². The van der Waals surface area contributed by atoms with E-state index < -0.39 is 0 Å². The average molecular weight is 265 g/mol. The Morgan fingerprint density at radius 2 is 1.60 bits per heavy atom. The highest BCUT2D eigenvalue weighted by Crippen LogP contribution is 2.19. The molecule has 2 aromatic carbocycles. The van der Waals surface area contributed by atoms with Crippen LogP contribution in [0.1, 0.15) is 16.7 Å². The summed E-state index contributed by atoms with van der Waals surface area (Å²) >= 11 is 0. The van der Waals surface area contributed by atoms with Gasteiger partial charge < -0.3 is 10.6 Å². The number of rotatable bonds is 2. The van der Waals surface area contributed by atoms with Crippen molar-refractivity contribution in [2.24, 2.45) is 0 Å².